The number of halogens is 3. The van der Waals surface area contributed by atoms with E-state index < -0.39 is 30.4 Å². The van der Waals surface area contributed by atoms with Crippen molar-refractivity contribution in [3.8, 4) is 0 Å². The molecule has 2 heterocycles. The molecule has 0 radical (unpaired) electrons. The number of fused-ring (bicyclic) bond motifs is 1. The number of alkyl halides is 3. The Morgan fingerprint density at radius 2 is 2.08 bits per heavy atom. The van der Waals surface area contributed by atoms with E-state index in [0.29, 0.717) is 17.5 Å². The zero-order chi connectivity index (χ0) is 19.1. The molecule has 2 atom stereocenters. The van der Waals surface area contributed by atoms with Crippen LogP contribution in [0.4, 0.5) is 13.2 Å². The van der Waals surface area contributed by atoms with Gasteiger partial charge in [-0.05, 0) is 24.6 Å². The smallest absolute Gasteiger partial charge is 0.396 e. The molecule has 1 amide bonds. The molecule has 142 valence electrons. The van der Waals surface area contributed by atoms with Crippen LogP contribution in [0.5, 0.6) is 0 Å². The van der Waals surface area contributed by atoms with Gasteiger partial charge in [-0.1, -0.05) is 0 Å². The minimum atomic E-state index is -4.54. The van der Waals surface area contributed by atoms with Crippen LogP contribution in [0.15, 0.2) is 23.0 Å². The number of aliphatic hydroxyl groups excluding tert-OH is 2. The quantitative estimate of drug-likeness (QED) is 0.738. The molecule has 0 aliphatic carbocycles. The van der Waals surface area contributed by atoms with Crippen molar-refractivity contribution in [2.45, 2.75) is 25.2 Å². The Morgan fingerprint density at radius 3 is 2.69 bits per heavy atom. The average molecular weight is 373 g/mol. The minimum absolute atomic E-state index is 0.0582. The van der Waals surface area contributed by atoms with Gasteiger partial charge in [-0.15, -0.1) is 0 Å². The van der Waals surface area contributed by atoms with Crippen molar-refractivity contribution in [1.29, 1.82) is 0 Å². The van der Waals surface area contributed by atoms with E-state index in [1.807, 2.05) is 0 Å². The highest BCUT2D eigenvalue weighted by Gasteiger charge is 2.31. The number of piperidine rings is 1. The second-order valence-electron chi connectivity index (χ2n) is 6.41. The van der Waals surface area contributed by atoms with Crippen molar-refractivity contribution in [2.75, 3.05) is 19.7 Å². The van der Waals surface area contributed by atoms with Crippen molar-refractivity contribution < 1.29 is 28.2 Å². The number of β-amino-alcohol motifs (C(OH)–C–C–N with tert-alkyl or cyclic N) is 1. The summed E-state index contributed by atoms with van der Waals surface area (Å²) < 4.78 is 38.4. The number of carbonyl (C=O) groups is 1. The minimum Gasteiger partial charge on any atom is -0.396 e. The van der Waals surface area contributed by atoms with Crippen LogP contribution in [0.25, 0.3) is 11.0 Å². The van der Waals surface area contributed by atoms with Gasteiger partial charge in [0, 0.05) is 31.2 Å². The zero-order valence-corrected chi connectivity index (χ0v) is 13.7. The maximum atomic E-state index is 12.6. The Labute approximate surface area is 145 Å². The summed E-state index contributed by atoms with van der Waals surface area (Å²) in [6.45, 7) is -1.17. The SMILES string of the molecule is O=C(c1ccc2c(c1)[nH]c(=O)n2CC(F)(F)F)N1CCC(CO)C(O)C1. The van der Waals surface area contributed by atoms with Crippen LogP contribution in [-0.4, -0.2) is 62.5 Å². The summed E-state index contributed by atoms with van der Waals surface area (Å²) in [4.78, 5) is 28.1. The fourth-order valence-electron chi connectivity index (χ4n) is 3.19. The summed E-state index contributed by atoms with van der Waals surface area (Å²) in [6, 6.07) is 3.98. The normalized spacial score (nSPS) is 21.3. The van der Waals surface area contributed by atoms with E-state index in [2.05, 4.69) is 4.98 Å². The number of rotatable bonds is 3. The van der Waals surface area contributed by atoms with Crippen molar-refractivity contribution in [3.63, 3.8) is 0 Å². The van der Waals surface area contributed by atoms with Gasteiger partial charge in [-0.25, -0.2) is 4.79 Å². The number of hydrogen-bond acceptors (Lipinski definition) is 4. The number of imidazole rings is 1. The third kappa shape index (κ3) is 3.61. The number of nitrogens with one attached hydrogen (secondary N) is 1. The van der Waals surface area contributed by atoms with E-state index in [0.717, 1.165) is 0 Å². The fourth-order valence-corrected chi connectivity index (χ4v) is 3.19. The number of aliphatic hydroxyl groups is 2. The Kier molecular flexibility index (Phi) is 4.80. The molecular weight excluding hydrogens is 355 g/mol. The molecule has 0 saturated carbocycles. The Bertz CT molecular complexity index is 874. The molecule has 3 rings (SSSR count). The van der Waals surface area contributed by atoms with Gasteiger partial charge in [0.05, 0.1) is 17.1 Å². The molecule has 1 fully saturated rings. The second-order valence-corrected chi connectivity index (χ2v) is 6.41. The number of amides is 1. The van der Waals surface area contributed by atoms with Crippen molar-refractivity contribution in [1.82, 2.24) is 14.5 Å². The standard InChI is InChI=1S/C16H18F3N3O4/c17-16(18,19)8-22-12-2-1-9(5-11(12)20-15(22)26)14(25)21-4-3-10(7-23)13(24)6-21/h1-2,5,10,13,23-24H,3-4,6-8H2,(H,20,26). The number of H-pyrrole nitrogens is 1. The highest BCUT2D eigenvalue weighted by molar-refractivity contribution is 5.97. The van der Waals surface area contributed by atoms with E-state index >= 15 is 0 Å². The van der Waals surface area contributed by atoms with E-state index in [9.17, 15) is 27.9 Å². The van der Waals surface area contributed by atoms with Crippen LogP contribution in [0.2, 0.25) is 0 Å². The molecule has 1 aromatic carbocycles. The summed E-state index contributed by atoms with van der Waals surface area (Å²) in [5, 5.41) is 19.1. The lowest BCUT2D eigenvalue weighted by molar-refractivity contribution is -0.140. The average Bonchev–Trinajstić information content (AvgIpc) is 2.87. The first-order valence-corrected chi connectivity index (χ1v) is 8.07. The van der Waals surface area contributed by atoms with Gasteiger partial charge in [-0.3, -0.25) is 9.36 Å². The van der Waals surface area contributed by atoms with Crippen LogP contribution in [0.1, 0.15) is 16.8 Å². The summed E-state index contributed by atoms with van der Waals surface area (Å²) in [6.07, 6.45) is -4.93. The van der Waals surface area contributed by atoms with Gasteiger partial charge in [0.1, 0.15) is 6.54 Å². The molecule has 0 spiro atoms. The maximum absolute atomic E-state index is 12.6. The van der Waals surface area contributed by atoms with E-state index in [1.54, 1.807) is 0 Å². The third-order valence-corrected chi connectivity index (χ3v) is 4.60. The van der Waals surface area contributed by atoms with Crippen molar-refractivity contribution in [3.05, 3.63) is 34.2 Å². The first-order chi connectivity index (χ1) is 12.2. The molecule has 3 N–H and O–H groups in total. The number of nitrogens with zero attached hydrogens (tertiary/aromatic N) is 2. The summed E-state index contributed by atoms with van der Waals surface area (Å²) in [5.41, 5.74) is -0.507. The number of hydrogen-bond donors (Lipinski definition) is 3. The molecule has 0 bridgehead atoms. The van der Waals surface area contributed by atoms with Crippen molar-refractivity contribution in [2.24, 2.45) is 5.92 Å². The molecular formula is C16H18F3N3O4. The molecule has 1 aliphatic heterocycles. The number of carbonyl (C=O) groups excluding carboxylic acids is 1. The summed E-state index contributed by atoms with van der Waals surface area (Å²) >= 11 is 0. The number of likely N-dealkylation sites (tertiary alicyclic amines) is 1. The highest BCUT2D eigenvalue weighted by atomic mass is 19.4. The lowest BCUT2D eigenvalue weighted by Crippen LogP contribution is -2.47. The largest absolute Gasteiger partial charge is 0.406 e. The van der Waals surface area contributed by atoms with Crippen LogP contribution in [0.3, 0.4) is 0 Å². The maximum Gasteiger partial charge on any atom is 0.406 e. The van der Waals surface area contributed by atoms with Gasteiger partial charge in [0.25, 0.3) is 5.91 Å². The Balaban J connectivity index is 1.86. The molecule has 2 aromatic rings. The van der Waals surface area contributed by atoms with Crippen LogP contribution < -0.4 is 5.69 Å². The predicted octanol–water partition coefficient (Wildman–Crippen LogP) is 0.707. The zero-order valence-electron chi connectivity index (χ0n) is 13.7. The van der Waals surface area contributed by atoms with Gasteiger partial charge >= 0.3 is 11.9 Å². The molecule has 26 heavy (non-hydrogen) atoms. The first-order valence-electron chi connectivity index (χ1n) is 8.07. The van der Waals surface area contributed by atoms with Gasteiger partial charge in [0.2, 0.25) is 0 Å². The second kappa shape index (κ2) is 6.76. The molecule has 1 aliphatic rings. The number of aromatic amines is 1. The van der Waals surface area contributed by atoms with Gasteiger partial charge in [-0.2, -0.15) is 13.2 Å². The Morgan fingerprint density at radius 1 is 1.35 bits per heavy atom. The van der Waals surface area contributed by atoms with E-state index in [1.165, 1.54) is 23.1 Å². The fraction of sp³-hybridized carbons (Fsp3) is 0.500. The molecule has 1 saturated heterocycles. The molecule has 7 nitrogen and oxygen atoms in total. The topological polar surface area (TPSA) is 98.6 Å². The van der Waals surface area contributed by atoms with Crippen LogP contribution >= 0.6 is 0 Å². The third-order valence-electron chi connectivity index (χ3n) is 4.60. The van der Waals surface area contributed by atoms with E-state index in [-0.39, 0.29) is 35.7 Å². The summed E-state index contributed by atoms with van der Waals surface area (Å²) in [7, 11) is 0. The molecule has 10 heteroatoms. The highest BCUT2D eigenvalue weighted by Crippen LogP contribution is 2.23. The Hall–Kier alpha value is -2.33. The molecule has 1 aromatic heterocycles. The van der Waals surface area contributed by atoms with Crippen molar-refractivity contribution >= 4 is 16.9 Å². The lowest BCUT2D eigenvalue weighted by atomic mass is 9.94. The monoisotopic (exact) mass is 373 g/mol. The van der Waals surface area contributed by atoms with E-state index in [4.69, 9.17) is 5.11 Å². The van der Waals surface area contributed by atoms with Crippen LogP contribution in [-0.2, 0) is 6.54 Å². The number of benzene rings is 1. The molecule has 2 unspecified atom stereocenters. The predicted molar refractivity (Wildman–Crippen MR) is 85.7 cm³/mol. The number of aromatic nitrogens is 2. The van der Waals surface area contributed by atoms with Gasteiger partial charge < -0.3 is 20.1 Å². The van der Waals surface area contributed by atoms with Crippen LogP contribution in [0, 0.1) is 5.92 Å². The van der Waals surface area contributed by atoms with Gasteiger partial charge in [0.15, 0.2) is 0 Å². The first kappa shape index (κ1) is 18.5. The lowest BCUT2D eigenvalue weighted by Gasteiger charge is -2.35. The summed E-state index contributed by atoms with van der Waals surface area (Å²) in [5.74, 6) is -0.680.